The fraction of sp³-hybridized carbons (Fsp3) is 0.286. The van der Waals surface area contributed by atoms with E-state index in [-0.39, 0.29) is 11.6 Å². The van der Waals surface area contributed by atoms with Crippen LogP contribution in [0.2, 0.25) is 0 Å². The summed E-state index contributed by atoms with van der Waals surface area (Å²) in [6.45, 7) is 2.72. The zero-order valence-electron chi connectivity index (χ0n) is 11.5. The van der Waals surface area contributed by atoms with Gasteiger partial charge >= 0.3 is 0 Å². The molecule has 0 amide bonds. The number of anilines is 3. The van der Waals surface area contributed by atoms with Gasteiger partial charge in [0.1, 0.15) is 17.5 Å². The smallest absolute Gasteiger partial charge is 0.229 e. The molecule has 3 rings (SSSR count). The third kappa shape index (κ3) is 3.50. The third-order valence-electron chi connectivity index (χ3n) is 3.15. The minimum absolute atomic E-state index is 0.257. The summed E-state index contributed by atoms with van der Waals surface area (Å²) >= 11 is 3.42. The average Bonchev–Trinajstić information content (AvgIpc) is 2.49. The van der Waals surface area contributed by atoms with Crippen LogP contribution in [-0.2, 0) is 4.74 Å². The van der Waals surface area contributed by atoms with Crippen LogP contribution < -0.4 is 10.2 Å². The lowest BCUT2D eigenvalue weighted by Crippen LogP contribution is -2.37. The molecule has 2 heterocycles. The van der Waals surface area contributed by atoms with Crippen molar-refractivity contribution >= 4 is 33.4 Å². The monoisotopic (exact) mass is 370 g/mol. The molecule has 1 saturated heterocycles. The van der Waals surface area contributed by atoms with Gasteiger partial charge in [0.15, 0.2) is 0 Å². The Hall–Kier alpha value is -1.80. The minimum Gasteiger partial charge on any atom is -0.378 e. The molecule has 1 fully saturated rings. The summed E-state index contributed by atoms with van der Waals surface area (Å²) in [5.74, 6) is -0.326. The van der Waals surface area contributed by atoms with Crippen molar-refractivity contribution in [3.05, 3.63) is 40.5 Å². The van der Waals surface area contributed by atoms with Crippen molar-refractivity contribution in [3.8, 4) is 0 Å². The number of benzene rings is 1. The molecule has 1 aliphatic rings. The first-order valence-corrected chi connectivity index (χ1v) is 7.49. The number of rotatable bonds is 3. The largest absolute Gasteiger partial charge is 0.378 e. The first kappa shape index (κ1) is 15.1. The molecule has 8 heteroatoms. The highest BCUT2D eigenvalue weighted by Gasteiger charge is 2.16. The van der Waals surface area contributed by atoms with Gasteiger partial charge in [-0.15, -0.1) is 0 Å². The molecule has 0 aliphatic carbocycles. The summed E-state index contributed by atoms with van der Waals surface area (Å²) in [4.78, 5) is 10.6. The van der Waals surface area contributed by atoms with Gasteiger partial charge in [-0.3, -0.25) is 0 Å². The predicted molar refractivity (Wildman–Crippen MR) is 82.4 cm³/mol. The van der Waals surface area contributed by atoms with Gasteiger partial charge in [0.25, 0.3) is 0 Å². The molecular weight excluding hydrogens is 358 g/mol. The van der Waals surface area contributed by atoms with Crippen molar-refractivity contribution in [2.75, 3.05) is 36.5 Å². The molecule has 0 radical (unpaired) electrons. The number of aromatic nitrogens is 2. The second kappa shape index (κ2) is 6.53. The number of ether oxygens (including phenoxy) is 1. The molecule has 1 aliphatic heterocycles. The van der Waals surface area contributed by atoms with Crippen LogP contribution in [0.5, 0.6) is 0 Å². The van der Waals surface area contributed by atoms with Gasteiger partial charge < -0.3 is 15.0 Å². The van der Waals surface area contributed by atoms with Crippen LogP contribution in [0.4, 0.5) is 26.2 Å². The molecule has 0 unspecified atom stereocenters. The number of hydrogen-bond acceptors (Lipinski definition) is 5. The van der Waals surface area contributed by atoms with Gasteiger partial charge in [-0.25, -0.2) is 13.8 Å². The summed E-state index contributed by atoms with van der Waals surface area (Å²) in [6.07, 6.45) is 1.61. The lowest BCUT2D eigenvalue weighted by atomic mass is 10.3. The van der Waals surface area contributed by atoms with E-state index in [0.29, 0.717) is 13.2 Å². The van der Waals surface area contributed by atoms with Crippen LogP contribution in [0, 0.1) is 11.6 Å². The lowest BCUT2D eigenvalue weighted by Gasteiger charge is -2.28. The third-order valence-corrected chi connectivity index (χ3v) is 3.71. The van der Waals surface area contributed by atoms with Crippen LogP contribution in [0.3, 0.4) is 0 Å². The molecule has 0 bridgehead atoms. The number of nitrogens with one attached hydrogen (secondary N) is 1. The maximum atomic E-state index is 13.2. The molecule has 5 nitrogen and oxygen atoms in total. The molecule has 1 aromatic carbocycles. The van der Waals surface area contributed by atoms with Gasteiger partial charge in [0, 0.05) is 31.0 Å². The van der Waals surface area contributed by atoms with Crippen LogP contribution in [0.1, 0.15) is 0 Å². The normalized spacial score (nSPS) is 15.0. The number of halogens is 3. The van der Waals surface area contributed by atoms with E-state index in [2.05, 4.69) is 36.1 Å². The Balaban J connectivity index is 1.85. The Morgan fingerprint density at radius 3 is 2.50 bits per heavy atom. The van der Waals surface area contributed by atoms with Crippen LogP contribution >= 0.6 is 15.9 Å². The van der Waals surface area contributed by atoms with E-state index in [1.54, 1.807) is 6.20 Å². The van der Waals surface area contributed by atoms with Crippen LogP contribution in [0.25, 0.3) is 0 Å². The summed E-state index contributed by atoms with van der Waals surface area (Å²) in [5, 5.41) is 2.81. The van der Waals surface area contributed by atoms with E-state index in [9.17, 15) is 8.78 Å². The predicted octanol–water partition coefficient (Wildman–Crippen LogP) is 3.10. The first-order valence-electron chi connectivity index (χ1n) is 6.70. The summed E-state index contributed by atoms with van der Waals surface area (Å²) in [5.41, 5.74) is 0.257. The lowest BCUT2D eigenvalue weighted by molar-refractivity contribution is 0.122. The van der Waals surface area contributed by atoms with E-state index in [1.807, 2.05) is 0 Å². The highest BCUT2D eigenvalue weighted by molar-refractivity contribution is 9.10. The molecule has 116 valence electrons. The van der Waals surface area contributed by atoms with Crippen molar-refractivity contribution in [1.29, 1.82) is 0 Å². The van der Waals surface area contributed by atoms with E-state index in [0.717, 1.165) is 29.4 Å². The summed E-state index contributed by atoms with van der Waals surface area (Å²) in [6, 6.07) is 3.18. The van der Waals surface area contributed by atoms with Gasteiger partial charge in [-0.05, 0) is 28.1 Å². The molecule has 1 N–H and O–H groups in total. The maximum Gasteiger partial charge on any atom is 0.229 e. The quantitative estimate of drug-likeness (QED) is 0.899. The van der Waals surface area contributed by atoms with Gasteiger partial charge in [0.2, 0.25) is 5.95 Å². The Morgan fingerprint density at radius 2 is 1.82 bits per heavy atom. The minimum atomic E-state index is -0.659. The van der Waals surface area contributed by atoms with E-state index < -0.39 is 11.6 Å². The average molecular weight is 371 g/mol. The molecule has 0 spiro atoms. The highest BCUT2D eigenvalue weighted by Crippen LogP contribution is 2.26. The molecule has 0 saturated carbocycles. The van der Waals surface area contributed by atoms with E-state index in [4.69, 9.17) is 4.74 Å². The van der Waals surface area contributed by atoms with Crippen molar-refractivity contribution < 1.29 is 13.5 Å². The first-order chi connectivity index (χ1) is 10.6. The molecule has 2 aromatic rings. The molecule has 22 heavy (non-hydrogen) atoms. The Morgan fingerprint density at radius 1 is 1.14 bits per heavy atom. The van der Waals surface area contributed by atoms with E-state index >= 15 is 0 Å². The molecule has 0 atom stereocenters. The standard InChI is InChI=1S/C14H13BrF2N4O/c15-12-8-18-14(19-11-6-9(16)5-10(17)7-11)20-13(12)21-1-3-22-4-2-21/h5-8H,1-4H2,(H,18,19,20). The zero-order valence-corrected chi connectivity index (χ0v) is 13.1. The Kier molecular flexibility index (Phi) is 4.49. The number of nitrogens with zero attached hydrogens (tertiary/aromatic N) is 3. The van der Waals surface area contributed by atoms with Crippen LogP contribution in [0.15, 0.2) is 28.9 Å². The zero-order chi connectivity index (χ0) is 15.5. The molecular formula is C14H13BrF2N4O. The SMILES string of the molecule is Fc1cc(F)cc(Nc2ncc(Br)c(N3CCOCC3)n2)c1. The second-order valence-corrected chi connectivity index (χ2v) is 5.60. The second-order valence-electron chi connectivity index (χ2n) is 4.75. The summed E-state index contributed by atoms with van der Waals surface area (Å²) in [7, 11) is 0. The van der Waals surface area contributed by atoms with Gasteiger partial charge in [-0.2, -0.15) is 4.98 Å². The Bertz CT molecular complexity index is 660. The van der Waals surface area contributed by atoms with Gasteiger partial charge in [-0.1, -0.05) is 0 Å². The fourth-order valence-electron chi connectivity index (χ4n) is 2.17. The van der Waals surface area contributed by atoms with Crippen LogP contribution in [-0.4, -0.2) is 36.3 Å². The topological polar surface area (TPSA) is 50.3 Å². The summed E-state index contributed by atoms with van der Waals surface area (Å²) < 4.78 is 32.5. The number of hydrogen-bond donors (Lipinski definition) is 1. The van der Waals surface area contributed by atoms with E-state index in [1.165, 1.54) is 12.1 Å². The van der Waals surface area contributed by atoms with Crippen molar-refractivity contribution in [2.45, 2.75) is 0 Å². The van der Waals surface area contributed by atoms with Gasteiger partial charge in [0.05, 0.1) is 17.7 Å². The fourth-order valence-corrected chi connectivity index (χ4v) is 2.61. The van der Waals surface area contributed by atoms with Crippen molar-refractivity contribution in [3.63, 3.8) is 0 Å². The van der Waals surface area contributed by atoms with Crippen molar-refractivity contribution in [2.24, 2.45) is 0 Å². The highest BCUT2D eigenvalue weighted by atomic mass is 79.9. The molecule has 1 aromatic heterocycles. The maximum absolute atomic E-state index is 13.2. The Labute approximate surface area is 134 Å². The number of morpholine rings is 1. The van der Waals surface area contributed by atoms with Crippen molar-refractivity contribution in [1.82, 2.24) is 9.97 Å².